The molecule has 0 radical (unpaired) electrons. The minimum Gasteiger partial charge on any atom is -0.508 e. The first-order chi connectivity index (χ1) is 9.03. The number of carbonyl (C=O) groups excluding carboxylic acids is 1. The van der Waals surface area contributed by atoms with E-state index in [0.717, 1.165) is 12.8 Å². The quantitative estimate of drug-likeness (QED) is 0.790. The molecule has 0 fully saturated rings. The van der Waals surface area contributed by atoms with Crippen molar-refractivity contribution in [1.29, 1.82) is 0 Å². The average molecular weight is 286 g/mol. The molecule has 0 spiro atoms. The number of nitrogens with zero attached hydrogens (tertiary/aromatic N) is 1. The Hall–Kier alpha value is -1.42. The summed E-state index contributed by atoms with van der Waals surface area (Å²) in [6.45, 7) is 4.48. The van der Waals surface area contributed by atoms with Crippen LogP contribution in [-0.4, -0.2) is 39.5 Å². The molecular formula is C14H20ClNO3. The summed E-state index contributed by atoms with van der Waals surface area (Å²) in [6.07, 6.45) is 1.67. The first kappa shape index (κ1) is 15.6. The zero-order valence-electron chi connectivity index (χ0n) is 11.3. The van der Waals surface area contributed by atoms with Gasteiger partial charge in [-0.15, -0.1) is 11.6 Å². The van der Waals surface area contributed by atoms with Crippen molar-refractivity contribution >= 4 is 17.5 Å². The Morgan fingerprint density at radius 2 is 1.74 bits per heavy atom. The van der Waals surface area contributed by atoms with Crippen LogP contribution in [0.5, 0.6) is 11.5 Å². The van der Waals surface area contributed by atoms with Crippen LogP contribution in [-0.2, 0) is 0 Å². The summed E-state index contributed by atoms with van der Waals surface area (Å²) in [5.41, 5.74) is 0.273. The lowest BCUT2D eigenvalue weighted by Crippen LogP contribution is -2.41. The Kier molecular flexibility index (Phi) is 5.96. The first-order valence-corrected chi connectivity index (χ1v) is 6.96. The third-order valence-electron chi connectivity index (χ3n) is 3.12. The molecule has 1 rings (SSSR count). The van der Waals surface area contributed by atoms with Gasteiger partial charge in [-0.3, -0.25) is 4.79 Å². The number of phenolic OH excluding ortho intramolecular Hbond substituents is 2. The molecule has 0 saturated heterocycles. The highest BCUT2D eigenvalue weighted by molar-refractivity contribution is 6.18. The molecule has 1 aromatic carbocycles. The Labute approximate surface area is 118 Å². The topological polar surface area (TPSA) is 60.8 Å². The molecule has 0 atom stereocenters. The number of benzene rings is 1. The molecule has 0 saturated carbocycles. The number of carbonyl (C=O) groups is 1. The molecule has 0 aromatic heterocycles. The van der Waals surface area contributed by atoms with Crippen molar-refractivity contribution in [2.75, 3.05) is 12.4 Å². The third-order valence-corrected chi connectivity index (χ3v) is 3.29. The van der Waals surface area contributed by atoms with Gasteiger partial charge in [0.1, 0.15) is 11.5 Å². The lowest BCUT2D eigenvalue weighted by Gasteiger charge is -2.30. The number of halogens is 1. The Morgan fingerprint density at radius 1 is 1.21 bits per heavy atom. The average Bonchev–Trinajstić information content (AvgIpc) is 2.37. The van der Waals surface area contributed by atoms with Crippen LogP contribution in [0.15, 0.2) is 18.2 Å². The van der Waals surface area contributed by atoms with Crippen LogP contribution in [0.2, 0.25) is 0 Å². The number of amides is 1. The van der Waals surface area contributed by atoms with Gasteiger partial charge in [0.05, 0.1) is 0 Å². The van der Waals surface area contributed by atoms with Gasteiger partial charge in [0.25, 0.3) is 5.91 Å². The van der Waals surface area contributed by atoms with Gasteiger partial charge in [0, 0.05) is 30.1 Å². The van der Waals surface area contributed by atoms with E-state index in [1.54, 1.807) is 4.90 Å². The van der Waals surface area contributed by atoms with Crippen LogP contribution in [0, 0.1) is 0 Å². The van der Waals surface area contributed by atoms with Gasteiger partial charge in [-0.1, -0.05) is 13.8 Å². The van der Waals surface area contributed by atoms with Gasteiger partial charge in [-0.05, 0) is 25.0 Å². The van der Waals surface area contributed by atoms with E-state index in [9.17, 15) is 15.0 Å². The van der Waals surface area contributed by atoms with Crippen LogP contribution >= 0.6 is 11.6 Å². The van der Waals surface area contributed by atoms with Crippen LogP contribution in [0.3, 0.4) is 0 Å². The maximum Gasteiger partial charge on any atom is 0.254 e. The van der Waals surface area contributed by atoms with Crippen LogP contribution < -0.4 is 0 Å². The van der Waals surface area contributed by atoms with E-state index in [0.29, 0.717) is 12.4 Å². The molecule has 0 aliphatic carbocycles. The highest BCUT2D eigenvalue weighted by Gasteiger charge is 2.22. The summed E-state index contributed by atoms with van der Waals surface area (Å²) in [7, 11) is 0. The standard InChI is InChI=1S/C14H20ClNO3/c1-3-11(4-2)16(6-5-15)14(19)10-7-12(17)9-13(18)8-10/h7-9,11,17-18H,3-6H2,1-2H3. The van der Waals surface area contributed by atoms with E-state index in [1.165, 1.54) is 18.2 Å². The zero-order valence-corrected chi connectivity index (χ0v) is 12.0. The van der Waals surface area contributed by atoms with Crippen molar-refractivity contribution in [3.8, 4) is 11.5 Å². The smallest absolute Gasteiger partial charge is 0.254 e. The van der Waals surface area contributed by atoms with E-state index in [2.05, 4.69) is 0 Å². The van der Waals surface area contributed by atoms with Gasteiger partial charge < -0.3 is 15.1 Å². The number of hydrogen-bond acceptors (Lipinski definition) is 3. The Bertz CT molecular complexity index is 412. The number of phenols is 2. The van der Waals surface area contributed by atoms with E-state index in [4.69, 9.17) is 11.6 Å². The second-order valence-electron chi connectivity index (χ2n) is 4.40. The van der Waals surface area contributed by atoms with E-state index in [1.807, 2.05) is 13.8 Å². The third kappa shape index (κ3) is 4.03. The minimum absolute atomic E-state index is 0.107. The Morgan fingerprint density at radius 3 is 2.16 bits per heavy atom. The zero-order chi connectivity index (χ0) is 14.4. The lowest BCUT2D eigenvalue weighted by atomic mass is 10.1. The van der Waals surface area contributed by atoms with Crippen LogP contribution in [0.1, 0.15) is 37.0 Å². The lowest BCUT2D eigenvalue weighted by molar-refractivity contribution is 0.0681. The number of rotatable bonds is 6. The molecule has 1 amide bonds. The summed E-state index contributed by atoms with van der Waals surface area (Å²) < 4.78 is 0. The fraction of sp³-hybridized carbons (Fsp3) is 0.500. The molecule has 1 aromatic rings. The fourth-order valence-corrected chi connectivity index (χ4v) is 2.34. The van der Waals surface area contributed by atoms with Crippen LogP contribution in [0.4, 0.5) is 0 Å². The molecule has 0 aliphatic rings. The molecule has 2 N–H and O–H groups in total. The fourth-order valence-electron chi connectivity index (χ4n) is 2.15. The van der Waals surface area contributed by atoms with E-state index in [-0.39, 0.29) is 29.0 Å². The van der Waals surface area contributed by atoms with Gasteiger partial charge in [-0.2, -0.15) is 0 Å². The predicted octanol–water partition coefficient (Wildman–Crippen LogP) is 2.97. The minimum atomic E-state index is -0.222. The van der Waals surface area contributed by atoms with Crippen molar-refractivity contribution in [1.82, 2.24) is 4.90 Å². The molecule has 0 unspecified atom stereocenters. The van der Waals surface area contributed by atoms with Crippen LogP contribution in [0.25, 0.3) is 0 Å². The number of hydrogen-bond donors (Lipinski definition) is 2. The summed E-state index contributed by atoms with van der Waals surface area (Å²) in [4.78, 5) is 14.1. The summed E-state index contributed by atoms with van der Waals surface area (Å²) in [5, 5.41) is 18.9. The van der Waals surface area contributed by atoms with Crippen molar-refractivity contribution < 1.29 is 15.0 Å². The Balaban J connectivity index is 3.04. The second kappa shape index (κ2) is 7.24. The highest BCUT2D eigenvalue weighted by atomic mass is 35.5. The van der Waals surface area contributed by atoms with Crippen molar-refractivity contribution in [2.24, 2.45) is 0 Å². The summed E-state index contributed by atoms with van der Waals surface area (Å²) in [6, 6.07) is 4.01. The van der Waals surface area contributed by atoms with E-state index >= 15 is 0 Å². The maximum atomic E-state index is 12.4. The van der Waals surface area contributed by atoms with Crippen molar-refractivity contribution in [3.05, 3.63) is 23.8 Å². The van der Waals surface area contributed by atoms with Gasteiger partial charge in [0.15, 0.2) is 0 Å². The summed E-state index contributed by atoms with van der Waals surface area (Å²) >= 11 is 5.76. The molecule has 0 bridgehead atoms. The SMILES string of the molecule is CCC(CC)N(CCCl)C(=O)c1cc(O)cc(O)c1. The molecule has 106 valence electrons. The van der Waals surface area contributed by atoms with Crippen molar-refractivity contribution in [2.45, 2.75) is 32.7 Å². The largest absolute Gasteiger partial charge is 0.508 e. The number of alkyl halides is 1. The predicted molar refractivity (Wildman–Crippen MR) is 75.9 cm³/mol. The highest BCUT2D eigenvalue weighted by Crippen LogP contribution is 2.23. The molecule has 5 heteroatoms. The molecular weight excluding hydrogens is 266 g/mol. The molecule has 19 heavy (non-hydrogen) atoms. The maximum absolute atomic E-state index is 12.4. The molecule has 0 heterocycles. The van der Waals surface area contributed by atoms with Gasteiger partial charge >= 0.3 is 0 Å². The summed E-state index contributed by atoms with van der Waals surface area (Å²) in [5.74, 6) is -0.120. The first-order valence-electron chi connectivity index (χ1n) is 6.43. The number of aromatic hydroxyl groups is 2. The molecule has 0 aliphatic heterocycles. The van der Waals surface area contributed by atoms with E-state index < -0.39 is 0 Å². The molecule has 4 nitrogen and oxygen atoms in total. The normalized spacial score (nSPS) is 10.7. The monoisotopic (exact) mass is 285 g/mol. The second-order valence-corrected chi connectivity index (χ2v) is 4.77. The van der Waals surface area contributed by atoms with Crippen molar-refractivity contribution in [3.63, 3.8) is 0 Å². The van der Waals surface area contributed by atoms with Gasteiger partial charge in [0.2, 0.25) is 0 Å². The van der Waals surface area contributed by atoms with Gasteiger partial charge in [-0.25, -0.2) is 0 Å².